The highest BCUT2D eigenvalue weighted by molar-refractivity contribution is 9.10. The molecule has 3 aromatic carbocycles. The zero-order valence-electron chi connectivity index (χ0n) is 13.0. The zero-order chi connectivity index (χ0) is 17.4. The molecule has 0 aliphatic rings. The first-order valence-corrected chi connectivity index (χ1v) is 8.47. The summed E-state index contributed by atoms with van der Waals surface area (Å²) in [4.78, 5) is 24.3. The number of amides is 1. The van der Waals surface area contributed by atoms with Crippen LogP contribution >= 0.6 is 15.9 Å². The first kappa shape index (κ1) is 15.7. The van der Waals surface area contributed by atoms with E-state index in [4.69, 9.17) is 4.42 Å². The average molecular weight is 397 g/mol. The topological polar surface area (TPSA) is 64.2 Å². The van der Waals surface area contributed by atoms with E-state index in [1.165, 1.54) is 4.57 Å². The summed E-state index contributed by atoms with van der Waals surface area (Å²) >= 11 is 3.51. The molecule has 1 N–H and O–H groups in total. The summed E-state index contributed by atoms with van der Waals surface area (Å²) in [5.41, 5.74) is 1.75. The Morgan fingerprint density at radius 1 is 1.08 bits per heavy atom. The Labute approximate surface area is 151 Å². The number of oxazole rings is 1. The Hall–Kier alpha value is -2.86. The lowest BCUT2D eigenvalue weighted by atomic mass is 10.1. The minimum absolute atomic E-state index is 0.105. The van der Waals surface area contributed by atoms with E-state index < -0.39 is 5.76 Å². The largest absolute Gasteiger partial charge is 0.420 e. The summed E-state index contributed by atoms with van der Waals surface area (Å²) in [7, 11) is 0. The van der Waals surface area contributed by atoms with Crippen molar-refractivity contribution in [2.75, 3.05) is 5.32 Å². The summed E-state index contributed by atoms with van der Waals surface area (Å²) < 4.78 is 7.46. The van der Waals surface area contributed by atoms with Gasteiger partial charge in [0, 0.05) is 10.2 Å². The Morgan fingerprint density at radius 3 is 2.80 bits per heavy atom. The number of nitrogens with zero attached hydrogens (tertiary/aromatic N) is 1. The van der Waals surface area contributed by atoms with Crippen LogP contribution in [0.15, 0.2) is 74.3 Å². The molecule has 1 aromatic heterocycles. The molecule has 4 aromatic rings. The fraction of sp³-hybridized carbons (Fsp3) is 0.0526. The van der Waals surface area contributed by atoms with Crippen molar-refractivity contribution in [1.82, 2.24) is 4.57 Å². The van der Waals surface area contributed by atoms with Crippen molar-refractivity contribution in [3.8, 4) is 0 Å². The van der Waals surface area contributed by atoms with Gasteiger partial charge in [0.1, 0.15) is 6.54 Å². The number of benzene rings is 3. The van der Waals surface area contributed by atoms with E-state index in [2.05, 4.69) is 21.2 Å². The van der Waals surface area contributed by atoms with E-state index in [0.717, 1.165) is 15.2 Å². The molecule has 0 radical (unpaired) electrons. The van der Waals surface area contributed by atoms with E-state index in [9.17, 15) is 9.59 Å². The maximum Gasteiger partial charge on any atom is 0.420 e. The fourth-order valence-corrected chi connectivity index (χ4v) is 3.34. The summed E-state index contributed by atoms with van der Waals surface area (Å²) in [6.07, 6.45) is 0. The predicted molar refractivity (Wildman–Crippen MR) is 101 cm³/mol. The number of anilines is 1. The molecular formula is C19H13BrN2O3. The molecule has 0 fully saturated rings. The van der Waals surface area contributed by atoms with E-state index in [0.29, 0.717) is 16.8 Å². The van der Waals surface area contributed by atoms with Crippen LogP contribution < -0.4 is 11.1 Å². The molecule has 0 unspecified atom stereocenters. The van der Waals surface area contributed by atoms with Gasteiger partial charge in [0.05, 0.1) is 5.52 Å². The second-order valence-electron chi connectivity index (χ2n) is 5.65. The van der Waals surface area contributed by atoms with Crippen molar-refractivity contribution >= 4 is 49.4 Å². The average Bonchev–Trinajstić information content (AvgIpc) is 2.91. The molecule has 0 bridgehead atoms. The Balaban J connectivity index is 1.60. The lowest BCUT2D eigenvalue weighted by Crippen LogP contribution is -2.24. The summed E-state index contributed by atoms with van der Waals surface area (Å²) in [6.45, 7) is -0.105. The highest BCUT2D eigenvalue weighted by Crippen LogP contribution is 2.26. The van der Waals surface area contributed by atoms with Gasteiger partial charge in [-0.3, -0.25) is 9.36 Å². The van der Waals surface area contributed by atoms with Crippen LogP contribution in [0.1, 0.15) is 0 Å². The Kier molecular flexibility index (Phi) is 3.89. The number of carbonyl (C=O) groups is 1. The second-order valence-corrected chi connectivity index (χ2v) is 6.50. The lowest BCUT2D eigenvalue weighted by Gasteiger charge is -2.08. The number of hydrogen-bond donors (Lipinski definition) is 1. The molecule has 1 heterocycles. The van der Waals surface area contributed by atoms with Crippen LogP contribution in [0, 0.1) is 0 Å². The molecule has 0 aliphatic heterocycles. The Bertz CT molecular complexity index is 1160. The molecule has 6 heteroatoms. The van der Waals surface area contributed by atoms with Crippen LogP contribution in [0.3, 0.4) is 0 Å². The highest BCUT2D eigenvalue weighted by Gasteiger charge is 2.12. The van der Waals surface area contributed by atoms with Crippen LogP contribution in [-0.4, -0.2) is 10.5 Å². The SMILES string of the molecule is O=C(Cn1c(=O)oc2ccccc21)Nc1ccc2c(Br)cccc2c1. The van der Waals surface area contributed by atoms with Gasteiger partial charge in [-0.05, 0) is 41.1 Å². The van der Waals surface area contributed by atoms with E-state index in [1.807, 2.05) is 36.4 Å². The quantitative estimate of drug-likeness (QED) is 0.565. The van der Waals surface area contributed by atoms with Crippen molar-refractivity contribution in [2.45, 2.75) is 6.54 Å². The Morgan fingerprint density at radius 2 is 1.92 bits per heavy atom. The van der Waals surface area contributed by atoms with E-state index in [-0.39, 0.29) is 12.5 Å². The number of carbonyl (C=O) groups excluding carboxylic acids is 1. The maximum atomic E-state index is 12.4. The number of rotatable bonds is 3. The normalized spacial score (nSPS) is 11.1. The van der Waals surface area contributed by atoms with Crippen molar-refractivity contribution in [1.29, 1.82) is 0 Å². The van der Waals surface area contributed by atoms with Gasteiger partial charge in [-0.2, -0.15) is 0 Å². The minimum atomic E-state index is -0.543. The smallest absolute Gasteiger partial charge is 0.408 e. The van der Waals surface area contributed by atoms with Gasteiger partial charge in [-0.15, -0.1) is 0 Å². The number of aromatic nitrogens is 1. The highest BCUT2D eigenvalue weighted by atomic mass is 79.9. The summed E-state index contributed by atoms with van der Waals surface area (Å²) in [5.74, 6) is -0.832. The van der Waals surface area contributed by atoms with Crippen LogP contribution in [0.2, 0.25) is 0 Å². The number of hydrogen-bond acceptors (Lipinski definition) is 3. The molecule has 0 aliphatic carbocycles. The molecule has 124 valence electrons. The molecule has 1 amide bonds. The molecule has 0 spiro atoms. The minimum Gasteiger partial charge on any atom is -0.408 e. The molecular weight excluding hydrogens is 384 g/mol. The second kappa shape index (κ2) is 6.22. The van der Waals surface area contributed by atoms with Gasteiger partial charge in [0.15, 0.2) is 5.58 Å². The summed E-state index contributed by atoms with van der Waals surface area (Å²) in [6, 6.07) is 18.6. The molecule has 0 atom stereocenters. The number of nitrogens with one attached hydrogen (secondary N) is 1. The molecule has 5 nitrogen and oxygen atoms in total. The summed E-state index contributed by atoms with van der Waals surface area (Å²) in [5, 5.41) is 4.91. The molecule has 25 heavy (non-hydrogen) atoms. The van der Waals surface area contributed by atoms with Gasteiger partial charge >= 0.3 is 5.76 Å². The molecule has 4 rings (SSSR count). The van der Waals surface area contributed by atoms with E-state index in [1.54, 1.807) is 24.3 Å². The molecule has 0 saturated heterocycles. The van der Waals surface area contributed by atoms with Crippen LogP contribution in [0.5, 0.6) is 0 Å². The van der Waals surface area contributed by atoms with Gasteiger partial charge < -0.3 is 9.73 Å². The predicted octanol–water partition coefficient (Wildman–Crippen LogP) is 4.15. The first-order valence-electron chi connectivity index (χ1n) is 7.68. The standard InChI is InChI=1S/C19H13BrN2O3/c20-15-5-3-4-12-10-13(8-9-14(12)15)21-18(23)11-22-16-6-1-2-7-17(16)25-19(22)24/h1-10H,11H2,(H,21,23). The van der Waals surface area contributed by atoms with E-state index >= 15 is 0 Å². The lowest BCUT2D eigenvalue weighted by molar-refractivity contribution is -0.116. The van der Waals surface area contributed by atoms with Crippen LogP contribution in [0.25, 0.3) is 21.9 Å². The van der Waals surface area contributed by atoms with Crippen LogP contribution in [0.4, 0.5) is 5.69 Å². The number of halogens is 1. The zero-order valence-corrected chi connectivity index (χ0v) is 14.6. The van der Waals surface area contributed by atoms with Gasteiger partial charge in [0.25, 0.3) is 0 Å². The van der Waals surface area contributed by atoms with Gasteiger partial charge in [0.2, 0.25) is 5.91 Å². The van der Waals surface area contributed by atoms with Crippen molar-refractivity contribution in [2.24, 2.45) is 0 Å². The third-order valence-electron chi connectivity index (χ3n) is 3.99. The number of fused-ring (bicyclic) bond motifs is 2. The fourth-order valence-electron chi connectivity index (χ4n) is 2.83. The van der Waals surface area contributed by atoms with Crippen molar-refractivity contribution in [3.05, 3.63) is 75.7 Å². The number of para-hydroxylation sites is 2. The van der Waals surface area contributed by atoms with Crippen molar-refractivity contribution < 1.29 is 9.21 Å². The monoisotopic (exact) mass is 396 g/mol. The van der Waals surface area contributed by atoms with Gasteiger partial charge in [-0.25, -0.2) is 4.79 Å². The maximum absolute atomic E-state index is 12.4. The third-order valence-corrected chi connectivity index (χ3v) is 4.68. The molecule has 0 saturated carbocycles. The van der Waals surface area contributed by atoms with Crippen LogP contribution in [-0.2, 0) is 11.3 Å². The van der Waals surface area contributed by atoms with Gasteiger partial charge in [-0.1, -0.05) is 46.3 Å². The first-order chi connectivity index (χ1) is 12.1. The third kappa shape index (κ3) is 2.96. The van der Waals surface area contributed by atoms with Crippen molar-refractivity contribution in [3.63, 3.8) is 0 Å².